The largest absolute Gasteiger partial charge is 0.493 e. The van der Waals surface area contributed by atoms with Gasteiger partial charge in [0.15, 0.2) is 5.66 Å². The number of guanidine groups is 2. The van der Waals surface area contributed by atoms with E-state index in [0.717, 1.165) is 30.1 Å². The number of thioether (sulfide) groups is 1. The van der Waals surface area contributed by atoms with E-state index < -0.39 is 5.66 Å². The second kappa shape index (κ2) is 8.16. The van der Waals surface area contributed by atoms with E-state index >= 15 is 0 Å². The van der Waals surface area contributed by atoms with Gasteiger partial charge in [0.2, 0.25) is 11.9 Å². The van der Waals surface area contributed by atoms with Crippen LogP contribution in [0.25, 0.3) is 0 Å². The topological polar surface area (TPSA) is 98.5 Å². The summed E-state index contributed by atoms with van der Waals surface area (Å²) in [5.41, 5.74) is 11.3. The summed E-state index contributed by atoms with van der Waals surface area (Å²) in [6.07, 6.45) is 2.35. The molecule has 0 amide bonds. The number of ether oxygens (including phenoxy) is 1. The summed E-state index contributed by atoms with van der Waals surface area (Å²) in [7, 11) is 0. The van der Waals surface area contributed by atoms with Gasteiger partial charge in [0.1, 0.15) is 5.75 Å². The van der Waals surface area contributed by atoms with E-state index in [1.54, 1.807) is 11.1 Å². The molecule has 0 atom stereocenters. The number of nitrogens with two attached hydrogens (primary N) is 2. The molecule has 0 bridgehead atoms. The first-order valence-corrected chi connectivity index (χ1v) is 9.71. The van der Waals surface area contributed by atoms with Crippen LogP contribution in [0.2, 0.25) is 5.02 Å². The van der Waals surface area contributed by atoms with Crippen LogP contribution >= 0.6 is 23.4 Å². The summed E-state index contributed by atoms with van der Waals surface area (Å²) in [6.45, 7) is 0.959. The molecular weight excluding hydrogens is 362 g/mol. The third-order valence-corrected chi connectivity index (χ3v) is 5.23. The molecule has 0 unspecified atom stereocenters. The molecule has 0 saturated carbocycles. The van der Waals surface area contributed by atoms with Crippen molar-refractivity contribution in [3.05, 3.63) is 29.3 Å². The molecule has 0 aliphatic carbocycles. The van der Waals surface area contributed by atoms with E-state index in [0.29, 0.717) is 24.7 Å². The highest BCUT2D eigenvalue weighted by Crippen LogP contribution is 2.35. The zero-order valence-electron chi connectivity index (χ0n) is 13.9. The highest BCUT2D eigenvalue weighted by atomic mass is 35.5. The third kappa shape index (κ3) is 4.50. The van der Waals surface area contributed by atoms with Crippen LogP contribution in [-0.4, -0.2) is 47.4 Å². The van der Waals surface area contributed by atoms with Crippen molar-refractivity contribution >= 4 is 35.3 Å². The van der Waals surface area contributed by atoms with Crippen LogP contribution in [0.15, 0.2) is 34.3 Å². The van der Waals surface area contributed by atoms with Crippen molar-refractivity contribution in [3.63, 3.8) is 0 Å². The minimum absolute atomic E-state index is 0.216. The zero-order chi connectivity index (χ0) is 17.7. The SMILES string of the molecule is NC1=NC2(CCSCC2)N(OCCCOc2cccc(Cl)c2)C(N)=N1. The predicted molar refractivity (Wildman–Crippen MR) is 102 cm³/mol. The summed E-state index contributed by atoms with van der Waals surface area (Å²) in [5.74, 6) is 3.19. The molecule has 0 radical (unpaired) electrons. The molecule has 1 spiro atoms. The number of aliphatic imine (C=N–C) groups is 2. The van der Waals surface area contributed by atoms with E-state index in [1.165, 1.54) is 0 Å². The quantitative estimate of drug-likeness (QED) is 0.731. The smallest absolute Gasteiger partial charge is 0.226 e. The second-order valence-electron chi connectivity index (χ2n) is 5.82. The minimum Gasteiger partial charge on any atom is -0.493 e. The second-order valence-corrected chi connectivity index (χ2v) is 7.48. The fourth-order valence-corrected chi connectivity index (χ4v) is 4.15. The van der Waals surface area contributed by atoms with Crippen LogP contribution in [0.1, 0.15) is 19.3 Å². The van der Waals surface area contributed by atoms with Crippen LogP contribution in [-0.2, 0) is 4.84 Å². The Hall–Kier alpha value is -1.64. The predicted octanol–water partition coefficient (Wildman–Crippen LogP) is 2.21. The van der Waals surface area contributed by atoms with Gasteiger partial charge >= 0.3 is 0 Å². The third-order valence-electron chi connectivity index (χ3n) is 4.01. The lowest BCUT2D eigenvalue weighted by Crippen LogP contribution is -2.58. The van der Waals surface area contributed by atoms with E-state index in [4.69, 9.17) is 32.6 Å². The van der Waals surface area contributed by atoms with Crippen molar-refractivity contribution in [1.82, 2.24) is 5.06 Å². The fraction of sp³-hybridized carbons (Fsp3) is 0.500. The van der Waals surface area contributed by atoms with Crippen LogP contribution in [0.4, 0.5) is 0 Å². The Bertz CT molecular complexity index is 664. The van der Waals surface area contributed by atoms with E-state index in [2.05, 4.69) is 9.98 Å². The number of hydroxylamine groups is 2. The Morgan fingerprint density at radius 3 is 2.80 bits per heavy atom. The summed E-state index contributed by atoms with van der Waals surface area (Å²) < 4.78 is 5.66. The highest BCUT2D eigenvalue weighted by molar-refractivity contribution is 7.99. The Labute approximate surface area is 156 Å². The summed E-state index contributed by atoms with van der Waals surface area (Å²) >= 11 is 7.83. The van der Waals surface area contributed by atoms with Gasteiger partial charge in [-0.05, 0) is 29.7 Å². The number of halogens is 1. The van der Waals surface area contributed by atoms with Crippen molar-refractivity contribution in [2.45, 2.75) is 24.9 Å². The lowest BCUT2D eigenvalue weighted by molar-refractivity contribution is -0.171. The number of nitrogens with zero attached hydrogens (tertiary/aromatic N) is 3. The van der Waals surface area contributed by atoms with E-state index in [1.807, 2.05) is 30.0 Å². The molecule has 0 aromatic heterocycles. The maximum Gasteiger partial charge on any atom is 0.226 e. The van der Waals surface area contributed by atoms with E-state index in [-0.39, 0.29) is 11.9 Å². The highest BCUT2D eigenvalue weighted by Gasteiger charge is 2.43. The number of hydrogen-bond donors (Lipinski definition) is 2. The zero-order valence-corrected chi connectivity index (χ0v) is 15.4. The molecular formula is C16H22ClN5O2S. The Balaban J connectivity index is 1.51. The standard InChI is InChI=1S/C16H22ClN5O2S/c17-12-3-1-4-13(11-12)23-7-2-8-24-22-15(19)20-14(18)21-16(22)5-9-25-10-6-16/h1,3-4,11H,2,5-10H2,(H4,18,19,20,21). The summed E-state index contributed by atoms with van der Waals surface area (Å²) in [6, 6.07) is 7.31. The molecule has 25 heavy (non-hydrogen) atoms. The van der Waals surface area contributed by atoms with Gasteiger partial charge < -0.3 is 16.2 Å². The van der Waals surface area contributed by atoms with Crippen LogP contribution in [0, 0.1) is 0 Å². The molecule has 2 aliphatic heterocycles. The summed E-state index contributed by atoms with van der Waals surface area (Å²) in [5, 5.41) is 2.28. The van der Waals surface area contributed by atoms with Crippen molar-refractivity contribution in [1.29, 1.82) is 0 Å². The first-order valence-electron chi connectivity index (χ1n) is 8.18. The van der Waals surface area contributed by atoms with Crippen LogP contribution in [0.3, 0.4) is 0 Å². The Morgan fingerprint density at radius 2 is 2.04 bits per heavy atom. The number of rotatable bonds is 6. The maximum absolute atomic E-state index is 6.03. The van der Waals surface area contributed by atoms with Gasteiger partial charge in [0.25, 0.3) is 0 Å². The number of benzene rings is 1. The molecule has 3 rings (SSSR count). The lowest BCUT2D eigenvalue weighted by Gasteiger charge is -2.43. The molecule has 4 N–H and O–H groups in total. The van der Waals surface area contributed by atoms with Gasteiger partial charge in [0.05, 0.1) is 13.2 Å². The van der Waals surface area contributed by atoms with Crippen molar-refractivity contribution in [2.75, 3.05) is 24.7 Å². The average Bonchev–Trinajstić information content (AvgIpc) is 2.57. The monoisotopic (exact) mass is 383 g/mol. The molecule has 1 aromatic rings. The van der Waals surface area contributed by atoms with Crippen LogP contribution in [0.5, 0.6) is 5.75 Å². The fourth-order valence-electron chi connectivity index (χ4n) is 2.82. The van der Waals surface area contributed by atoms with Crippen molar-refractivity contribution in [3.8, 4) is 5.75 Å². The molecule has 7 nitrogen and oxygen atoms in total. The molecule has 9 heteroatoms. The first-order chi connectivity index (χ1) is 12.1. The Morgan fingerprint density at radius 1 is 1.24 bits per heavy atom. The van der Waals surface area contributed by atoms with Gasteiger partial charge in [-0.25, -0.2) is 4.99 Å². The minimum atomic E-state index is -0.533. The molecule has 1 aromatic carbocycles. The molecule has 2 heterocycles. The van der Waals surface area contributed by atoms with Gasteiger partial charge in [-0.3, -0.25) is 4.84 Å². The van der Waals surface area contributed by atoms with Crippen molar-refractivity contribution in [2.24, 2.45) is 21.5 Å². The maximum atomic E-state index is 6.03. The van der Waals surface area contributed by atoms with Crippen LogP contribution < -0.4 is 16.2 Å². The van der Waals surface area contributed by atoms with E-state index in [9.17, 15) is 0 Å². The van der Waals surface area contributed by atoms with Crippen molar-refractivity contribution < 1.29 is 9.57 Å². The summed E-state index contributed by atoms with van der Waals surface area (Å²) in [4.78, 5) is 14.5. The molecule has 1 saturated heterocycles. The van der Waals surface area contributed by atoms with Gasteiger partial charge in [-0.15, -0.1) is 0 Å². The molecule has 2 aliphatic rings. The Kier molecular flexibility index (Phi) is 5.93. The first kappa shape index (κ1) is 18.2. The number of hydrogen-bond acceptors (Lipinski definition) is 8. The lowest BCUT2D eigenvalue weighted by atomic mass is 10.0. The van der Waals surface area contributed by atoms with Gasteiger partial charge in [-0.2, -0.15) is 21.8 Å². The van der Waals surface area contributed by atoms with Gasteiger partial charge in [-0.1, -0.05) is 17.7 Å². The molecule has 1 fully saturated rings. The van der Waals surface area contributed by atoms with Gasteiger partial charge in [0, 0.05) is 24.3 Å². The normalized spacial score (nSPS) is 19.5. The molecule has 136 valence electrons. The average molecular weight is 384 g/mol.